The van der Waals surface area contributed by atoms with Crippen molar-refractivity contribution in [3.05, 3.63) is 86.6 Å². The van der Waals surface area contributed by atoms with Crippen molar-refractivity contribution in [1.29, 1.82) is 0 Å². The molecule has 178 valence electrons. The summed E-state index contributed by atoms with van der Waals surface area (Å²) in [6.07, 6.45) is 0.286. The topological polar surface area (TPSA) is 81.8 Å². The third-order valence-corrected chi connectivity index (χ3v) is 7.43. The molecule has 6 rings (SSSR count). The molecule has 2 bridgehead atoms. The molecule has 2 aliphatic heterocycles. The zero-order valence-corrected chi connectivity index (χ0v) is 19.7. The minimum atomic E-state index is -0.699. The number of piperidine rings is 1. The second kappa shape index (κ2) is 8.12. The number of hydrogen-bond donors (Lipinski definition) is 0. The SMILES string of the molecule is Cc1c(OC(C)C(=O)N2CC3CC(C2)c2cccc(=O)n2C3)ccc2c1oc(=O)c1ccccc12. The number of nitrogens with zero attached hydrogens (tertiary/aromatic N) is 2. The lowest BCUT2D eigenvalue weighted by molar-refractivity contribution is -0.140. The van der Waals surface area contributed by atoms with E-state index >= 15 is 0 Å². The first kappa shape index (κ1) is 21.6. The van der Waals surface area contributed by atoms with Gasteiger partial charge in [-0.1, -0.05) is 24.3 Å². The van der Waals surface area contributed by atoms with Crippen LogP contribution in [0.2, 0.25) is 0 Å². The summed E-state index contributed by atoms with van der Waals surface area (Å²) in [6, 6.07) is 16.5. The molecule has 0 radical (unpaired) electrons. The largest absolute Gasteiger partial charge is 0.480 e. The molecule has 0 saturated carbocycles. The quantitative estimate of drug-likeness (QED) is 0.336. The normalized spacial score (nSPS) is 20.0. The summed E-state index contributed by atoms with van der Waals surface area (Å²) < 4.78 is 13.6. The number of fused-ring (bicyclic) bond motifs is 7. The Morgan fingerprint density at radius 3 is 2.60 bits per heavy atom. The van der Waals surface area contributed by atoms with Gasteiger partial charge in [-0.2, -0.15) is 0 Å². The van der Waals surface area contributed by atoms with Gasteiger partial charge in [0.15, 0.2) is 6.10 Å². The monoisotopic (exact) mass is 470 g/mol. The van der Waals surface area contributed by atoms with Gasteiger partial charge < -0.3 is 18.6 Å². The van der Waals surface area contributed by atoms with E-state index in [2.05, 4.69) is 0 Å². The van der Waals surface area contributed by atoms with Crippen LogP contribution < -0.4 is 15.9 Å². The number of aromatic nitrogens is 1. The van der Waals surface area contributed by atoms with Crippen LogP contribution in [0.1, 0.15) is 30.5 Å². The summed E-state index contributed by atoms with van der Waals surface area (Å²) in [6.45, 7) is 5.42. The van der Waals surface area contributed by atoms with Gasteiger partial charge in [0.25, 0.3) is 11.5 Å². The summed E-state index contributed by atoms with van der Waals surface area (Å²) in [7, 11) is 0. The second-order valence-corrected chi connectivity index (χ2v) is 9.70. The number of pyridine rings is 1. The first-order chi connectivity index (χ1) is 16.9. The minimum Gasteiger partial charge on any atom is -0.480 e. The molecule has 1 amide bonds. The third kappa shape index (κ3) is 3.53. The predicted octanol–water partition coefficient (Wildman–Crippen LogP) is 3.83. The van der Waals surface area contributed by atoms with Crippen molar-refractivity contribution in [3.8, 4) is 5.75 Å². The number of rotatable bonds is 3. The van der Waals surface area contributed by atoms with Gasteiger partial charge in [0.05, 0.1) is 5.39 Å². The van der Waals surface area contributed by atoms with E-state index in [1.807, 2.05) is 52.8 Å². The van der Waals surface area contributed by atoms with Crippen molar-refractivity contribution in [3.63, 3.8) is 0 Å². The number of ether oxygens (including phenoxy) is 1. The Labute approximate surface area is 201 Å². The lowest BCUT2D eigenvalue weighted by Crippen LogP contribution is -2.52. The molecule has 3 atom stereocenters. The number of carbonyl (C=O) groups is 1. The van der Waals surface area contributed by atoms with Gasteiger partial charge in [0.2, 0.25) is 0 Å². The molecule has 1 saturated heterocycles. The van der Waals surface area contributed by atoms with Crippen LogP contribution in [0.3, 0.4) is 0 Å². The first-order valence-corrected chi connectivity index (χ1v) is 12.0. The summed E-state index contributed by atoms with van der Waals surface area (Å²) in [5.74, 6) is 0.844. The molecule has 0 N–H and O–H groups in total. The van der Waals surface area contributed by atoms with Crippen LogP contribution in [0.5, 0.6) is 5.75 Å². The summed E-state index contributed by atoms with van der Waals surface area (Å²) in [4.78, 5) is 40.0. The molecule has 7 heteroatoms. The van der Waals surface area contributed by atoms with E-state index in [0.29, 0.717) is 41.9 Å². The summed E-state index contributed by atoms with van der Waals surface area (Å²) >= 11 is 0. The van der Waals surface area contributed by atoms with Crippen molar-refractivity contribution >= 4 is 27.6 Å². The van der Waals surface area contributed by atoms with Gasteiger partial charge >= 0.3 is 5.63 Å². The first-order valence-electron chi connectivity index (χ1n) is 12.0. The van der Waals surface area contributed by atoms with Gasteiger partial charge in [-0.15, -0.1) is 0 Å². The number of carbonyl (C=O) groups excluding carboxylic acids is 1. The second-order valence-electron chi connectivity index (χ2n) is 9.70. The van der Waals surface area contributed by atoms with Gasteiger partial charge in [0.1, 0.15) is 11.3 Å². The average Bonchev–Trinajstić information content (AvgIpc) is 2.86. The van der Waals surface area contributed by atoms with Gasteiger partial charge in [-0.25, -0.2) is 4.79 Å². The van der Waals surface area contributed by atoms with Crippen LogP contribution in [0.25, 0.3) is 21.7 Å². The number of amides is 1. The van der Waals surface area contributed by atoms with E-state index < -0.39 is 11.7 Å². The Hall–Kier alpha value is -3.87. The Morgan fingerprint density at radius 2 is 1.77 bits per heavy atom. The van der Waals surface area contributed by atoms with Crippen LogP contribution in [0, 0.1) is 12.8 Å². The highest BCUT2D eigenvalue weighted by atomic mass is 16.5. The standard InChI is InChI=1S/C28H26N2O5/c1-16-24(11-10-21-20-6-3-4-7-22(20)28(33)35-26(16)21)34-17(2)27(32)29-13-18-12-19(15-29)23-8-5-9-25(31)30(23)14-18/h3-11,17-19H,12-15H2,1-2H3. The average molecular weight is 471 g/mol. The molecule has 0 aliphatic carbocycles. The van der Waals surface area contributed by atoms with E-state index in [0.717, 1.165) is 22.9 Å². The zero-order valence-electron chi connectivity index (χ0n) is 19.7. The molecule has 35 heavy (non-hydrogen) atoms. The van der Waals surface area contributed by atoms with Crippen molar-refractivity contribution < 1.29 is 13.9 Å². The fourth-order valence-electron chi connectivity index (χ4n) is 5.76. The summed E-state index contributed by atoms with van der Waals surface area (Å²) in [5, 5.41) is 2.20. The number of hydrogen-bond acceptors (Lipinski definition) is 5. The van der Waals surface area contributed by atoms with Crippen molar-refractivity contribution in [2.24, 2.45) is 5.92 Å². The molecule has 7 nitrogen and oxygen atoms in total. The maximum Gasteiger partial charge on any atom is 0.344 e. The van der Waals surface area contributed by atoms with E-state index in [1.54, 1.807) is 25.1 Å². The van der Waals surface area contributed by atoms with Crippen molar-refractivity contribution in [2.45, 2.75) is 38.8 Å². The van der Waals surface area contributed by atoms with E-state index in [1.165, 1.54) is 0 Å². The Morgan fingerprint density at radius 1 is 0.971 bits per heavy atom. The van der Waals surface area contributed by atoms with Crippen molar-refractivity contribution in [1.82, 2.24) is 9.47 Å². The van der Waals surface area contributed by atoms with Crippen LogP contribution in [0.4, 0.5) is 0 Å². The van der Waals surface area contributed by atoms with Gasteiger partial charge in [-0.3, -0.25) is 9.59 Å². The van der Waals surface area contributed by atoms with Gasteiger partial charge in [-0.05, 0) is 55.8 Å². The molecular formula is C28H26N2O5. The smallest absolute Gasteiger partial charge is 0.344 e. The highest BCUT2D eigenvalue weighted by molar-refractivity contribution is 6.05. The number of benzene rings is 2. The minimum absolute atomic E-state index is 0.0277. The molecule has 4 heterocycles. The van der Waals surface area contributed by atoms with E-state index in [-0.39, 0.29) is 23.3 Å². The molecule has 2 aromatic carbocycles. The molecule has 0 spiro atoms. The molecular weight excluding hydrogens is 444 g/mol. The van der Waals surface area contributed by atoms with Crippen LogP contribution in [-0.2, 0) is 11.3 Å². The number of aryl methyl sites for hydroxylation is 1. The van der Waals surface area contributed by atoms with Crippen LogP contribution in [0.15, 0.2) is 68.6 Å². The Bertz CT molecular complexity index is 1600. The maximum atomic E-state index is 13.4. The molecule has 3 unspecified atom stereocenters. The Balaban J connectivity index is 1.26. The maximum absolute atomic E-state index is 13.4. The van der Waals surface area contributed by atoms with Gasteiger partial charge in [0, 0.05) is 48.3 Å². The van der Waals surface area contributed by atoms with E-state index in [9.17, 15) is 14.4 Å². The third-order valence-electron chi connectivity index (χ3n) is 7.43. The van der Waals surface area contributed by atoms with E-state index in [4.69, 9.17) is 9.15 Å². The molecule has 2 aliphatic rings. The lowest BCUT2D eigenvalue weighted by Gasteiger charge is -2.43. The highest BCUT2D eigenvalue weighted by Crippen LogP contribution is 2.36. The Kier molecular flexibility index (Phi) is 5.02. The predicted molar refractivity (Wildman–Crippen MR) is 133 cm³/mol. The lowest BCUT2D eigenvalue weighted by atomic mass is 9.83. The summed E-state index contributed by atoms with van der Waals surface area (Å²) in [5.41, 5.74) is 1.80. The highest BCUT2D eigenvalue weighted by Gasteiger charge is 2.37. The molecule has 4 aromatic rings. The van der Waals surface area contributed by atoms with Crippen LogP contribution >= 0.6 is 0 Å². The fraction of sp³-hybridized carbons (Fsp3) is 0.321. The number of likely N-dealkylation sites (tertiary alicyclic amines) is 1. The fourth-order valence-corrected chi connectivity index (χ4v) is 5.76. The molecule has 1 fully saturated rings. The molecule has 2 aromatic heterocycles. The van der Waals surface area contributed by atoms with Crippen molar-refractivity contribution in [2.75, 3.05) is 13.1 Å². The van der Waals surface area contributed by atoms with Crippen LogP contribution in [-0.4, -0.2) is 34.6 Å². The zero-order chi connectivity index (χ0) is 24.3.